The van der Waals surface area contributed by atoms with Crippen LogP contribution in [-0.2, 0) is 4.79 Å². The minimum Gasteiger partial charge on any atom is -0.394 e. The van der Waals surface area contributed by atoms with Crippen LogP contribution in [0.4, 0.5) is 0 Å². The van der Waals surface area contributed by atoms with Crippen molar-refractivity contribution in [1.82, 2.24) is 5.32 Å². The summed E-state index contributed by atoms with van der Waals surface area (Å²) in [4.78, 5) is 12.3. The number of unbranched alkanes of at least 4 members (excludes halogenated alkanes) is 25. The van der Waals surface area contributed by atoms with E-state index in [0.717, 1.165) is 25.7 Å². The first-order valence-corrected chi connectivity index (χ1v) is 18.9. The van der Waals surface area contributed by atoms with Crippen LogP contribution in [0.15, 0.2) is 12.2 Å². The first-order chi connectivity index (χ1) is 20.7. The van der Waals surface area contributed by atoms with Crippen molar-refractivity contribution in [2.24, 2.45) is 0 Å². The van der Waals surface area contributed by atoms with E-state index in [1.54, 1.807) is 0 Å². The first kappa shape index (κ1) is 41.1. The number of amides is 1. The van der Waals surface area contributed by atoms with Gasteiger partial charge < -0.3 is 15.5 Å². The van der Waals surface area contributed by atoms with Gasteiger partial charge >= 0.3 is 0 Å². The van der Waals surface area contributed by atoms with E-state index in [1.807, 2.05) is 0 Å². The largest absolute Gasteiger partial charge is 0.394 e. The molecule has 4 heteroatoms. The smallest absolute Gasteiger partial charge is 0.220 e. The number of aliphatic hydroxyl groups excluding tert-OH is 2. The van der Waals surface area contributed by atoms with Gasteiger partial charge in [0.15, 0.2) is 0 Å². The number of carbonyl (C=O) groups excluding carboxylic acids is 1. The highest BCUT2D eigenvalue weighted by atomic mass is 16.3. The molecule has 0 heterocycles. The van der Waals surface area contributed by atoms with Crippen molar-refractivity contribution in [2.45, 2.75) is 219 Å². The summed E-state index contributed by atoms with van der Waals surface area (Å²) in [5, 5.41) is 23.0. The Morgan fingerprint density at radius 1 is 0.548 bits per heavy atom. The molecular formula is C38H75NO3. The van der Waals surface area contributed by atoms with Crippen LogP contribution in [0.5, 0.6) is 0 Å². The topological polar surface area (TPSA) is 69.6 Å². The summed E-state index contributed by atoms with van der Waals surface area (Å²) in [6.07, 6.45) is 41.3. The second-order valence-electron chi connectivity index (χ2n) is 13.0. The zero-order valence-corrected chi connectivity index (χ0v) is 28.5. The average molecular weight is 594 g/mol. The summed E-state index contributed by atoms with van der Waals surface area (Å²) >= 11 is 0. The van der Waals surface area contributed by atoms with Crippen molar-refractivity contribution in [3.63, 3.8) is 0 Å². The molecule has 1 amide bonds. The van der Waals surface area contributed by atoms with Crippen molar-refractivity contribution >= 4 is 5.91 Å². The fraction of sp³-hybridized carbons (Fsp3) is 0.921. The van der Waals surface area contributed by atoms with Crippen molar-refractivity contribution in [3.05, 3.63) is 12.2 Å². The molecule has 42 heavy (non-hydrogen) atoms. The maximum Gasteiger partial charge on any atom is 0.220 e. The Balaban J connectivity index is 3.52. The fourth-order valence-corrected chi connectivity index (χ4v) is 5.82. The van der Waals surface area contributed by atoms with Crippen LogP contribution >= 0.6 is 0 Å². The monoisotopic (exact) mass is 594 g/mol. The lowest BCUT2D eigenvalue weighted by Gasteiger charge is -2.22. The predicted octanol–water partition coefficient (Wildman–Crippen LogP) is 11.1. The van der Waals surface area contributed by atoms with E-state index in [9.17, 15) is 15.0 Å². The summed E-state index contributed by atoms with van der Waals surface area (Å²) in [5.74, 6) is -0.0367. The molecule has 0 aromatic carbocycles. The molecule has 0 aliphatic rings. The molecule has 0 aliphatic carbocycles. The van der Waals surface area contributed by atoms with Crippen LogP contribution in [0, 0.1) is 0 Å². The van der Waals surface area contributed by atoms with Crippen LogP contribution in [0.2, 0.25) is 0 Å². The molecule has 0 aromatic rings. The van der Waals surface area contributed by atoms with Gasteiger partial charge in [-0.2, -0.15) is 0 Å². The first-order valence-electron chi connectivity index (χ1n) is 18.9. The summed E-state index contributed by atoms with van der Waals surface area (Å²) in [5.41, 5.74) is 0. The maximum absolute atomic E-state index is 12.3. The Labute approximate surface area is 263 Å². The third-order valence-corrected chi connectivity index (χ3v) is 8.78. The molecule has 2 unspecified atom stereocenters. The quantitative estimate of drug-likeness (QED) is 0.0513. The molecular weight excluding hydrogens is 518 g/mol. The van der Waals surface area contributed by atoms with Crippen LogP contribution in [0.1, 0.15) is 206 Å². The molecule has 3 N–H and O–H groups in total. The van der Waals surface area contributed by atoms with Gasteiger partial charge in [0.25, 0.3) is 0 Å². The van der Waals surface area contributed by atoms with Crippen LogP contribution < -0.4 is 5.32 Å². The number of aliphatic hydroxyl groups is 2. The van der Waals surface area contributed by atoms with E-state index in [-0.39, 0.29) is 12.5 Å². The van der Waals surface area contributed by atoms with E-state index < -0.39 is 12.1 Å². The van der Waals surface area contributed by atoms with E-state index in [1.165, 1.54) is 154 Å². The van der Waals surface area contributed by atoms with Crippen molar-refractivity contribution < 1.29 is 15.0 Å². The lowest BCUT2D eigenvalue weighted by molar-refractivity contribution is -0.123. The third-order valence-electron chi connectivity index (χ3n) is 8.78. The Morgan fingerprint density at radius 3 is 1.31 bits per heavy atom. The lowest BCUT2D eigenvalue weighted by atomic mass is 10.0. The second kappa shape index (κ2) is 34.6. The van der Waals surface area contributed by atoms with Crippen LogP contribution in [0.3, 0.4) is 0 Å². The predicted molar refractivity (Wildman–Crippen MR) is 184 cm³/mol. The van der Waals surface area contributed by atoms with E-state index in [4.69, 9.17) is 0 Å². The van der Waals surface area contributed by atoms with Gasteiger partial charge in [-0.25, -0.2) is 0 Å². The van der Waals surface area contributed by atoms with Crippen molar-refractivity contribution in [3.8, 4) is 0 Å². The molecule has 0 radical (unpaired) electrons. The Hall–Kier alpha value is -0.870. The van der Waals surface area contributed by atoms with Crippen LogP contribution in [-0.4, -0.2) is 34.9 Å². The van der Waals surface area contributed by atoms with E-state index >= 15 is 0 Å². The molecule has 2 atom stereocenters. The molecule has 0 aliphatic heterocycles. The van der Waals surface area contributed by atoms with Crippen LogP contribution in [0.25, 0.3) is 0 Å². The zero-order valence-electron chi connectivity index (χ0n) is 28.5. The normalized spacial score (nSPS) is 13.1. The molecule has 0 rings (SSSR count). The summed E-state index contributed by atoms with van der Waals surface area (Å²) < 4.78 is 0. The summed E-state index contributed by atoms with van der Waals surface area (Å²) in [6, 6.07) is -0.532. The minimum absolute atomic E-state index is 0.0367. The van der Waals surface area contributed by atoms with Crippen molar-refractivity contribution in [1.29, 1.82) is 0 Å². The molecule has 0 aromatic heterocycles. The number of nitrogens with one attached hydrogen (secondary N) is 1. The summed E-state index contributed by atoms with van der Waals surface area (Å²) in [7, 11) is 0. The second-order valence-corrected chi connectivity index (χ2v) is 13.0. The molecule has 0 bridgehead atoms. The highest BCUT2D eigenvalue weighted by Gasteiger charge is 2.19. The van der Waals surface area contributed by atoms with Gasteiger partial charge in [-0.1, -0.05) is 174 Å². The van der Waals surface area contributed by atoms with Crippen molar-refractivity contribution in [2.75, 3.05) is 6.61 Å². The molecule has 0 saturated heterocycles. The summed E-state index contributed by atoms with van der Waals surface area (Å²) in [6.45, 7) is 4.34. The fourth-order valence-electron chi connectivity index (χ4n) is 5.82. The molecule has 0 fully saturated rings. The van der Waals surface area contributed by atoms with Gasteiger partial charge in [-0.15, -0.1) is 0 Å². The van der Waals surface area contributed by atoms with Gasteiger partial charge in [0.05, 0.1) is 18.8 Å². The maximum atomic E-state index is 12.3. The Kier molecular flexibility index (Phi) is 33.9. The Bertz CT molecular complexity index is 565. The number of hydrogen-bond acceptors (Lipinski definition) is 3. The average Bonchev–Trinajstić information content (AvgIpc) is 2.99. The standard InChI is InChI=1S/C38H75NO3/c1-3-5-7-9-11-13-15-16-17-18-19-20-21-22-23-24-26-28-30-32-34-38(42)39-36(35-40)37(41)33-31-29-27-25-14-12-10-8-6-4-2/h19-20,36-37,40-41H,3-18,21-35H2,1-2H3,(H,39,42)/b20-19-. The number of carbonyl (C=O) groups is 1. The zero-order chi connectivity index (χ0) is 30.8. The SMILES string of the molecule is CCCCCCCCCCC/C=C\CCCCCCCCCC(=O)NC(CO)C(O)CCCCCCCCCCCC. The highest BCUT2D eigenvalue weighted by molar-refractivity contribution is 5.76. The highest BCUT2D eigenvalue weighted by Crippen LogP contribution is 2.15. The van der Waals surface area contributed by atoms with Gasteiger partial charge in [0, 0.05) is 6.42 Å². The third kappa shape index (κ3) is 30.6. The minimum atomic E-state index is -0.655. The van der Waals surface area contributed by atoms with E-state index in [2.05, 4.69) is 31.3 Å². The van der Waals surface area contributed by atoms with Gasteiger partial charge in [-0.05, 0) is 38.5 Å². The molecule has 250 valence electrons. The molecule has 0 spiro atoms. The number of rotatable bonds is 34. The van der Waals surface area contributed by atoms with Gasteiger partial charge in [0.2, 0.25) is 5.91 Å². The lowest BCUT2D eigenvalue weighted by Crippen LogP contribution is -2.45. The molecule has 0 saturated carbocycles. The van der Waals surface area contributed by atoms with E-state index in [0.29, 0.717) is 12.8 Å². The number of allylic oxidation sites excluding steroid dienone is 2. The van der Waals surface area contributed by atoms with Gasteiger partial charge in [-0.3, -0.25) is 4.79 Å². The molecule has 4 nitrogen and oxygen atoms in total. The van der Waals surface area contributed by atoms with Gasteiger partial charge in [0.1, 0.15) is 0 Å². The number of hydrogen-bond donors (Lipinski definition) is 3. The Morgan fingerprint density at radius 2 is 0.905 bits per heavy atom.